The highest BCUT2D eigenvalue weighted by Gasteiger charge is 2.11. The highest BCUT2D eigenvalue weighted by atomic mass is 32.1. The van der Waals surface area contributed by atoms with Crippen LogP contribution in [-0.2, 0) is 13.1 Å². The Kier molecular flexibility index (Phi) is 4.84. The van der Waals surface area contributed by atoms with E-state index in [1.165, 1.54) is 5.56 Å². The lowest BCUT2D eigenvalue weighted by Crippen LogP contribution is -2.23. The topological polar surface area (TPSA) is 75.6 Å². The van der Waals surface area contributed by atoms with Gasteiger partial charge in [0, 0.05) is 42.6 Å². The van der Waals surface area contributed by atoms with Crippen LogP contribution in [0, 0.1) is 6.92 Å². The smallest absolute Gasteiger partial charge is 0.267 e. The van der Waals surface area contributed by atoms with Gasteiger partial charge in [0.25, 0.3) is 5.91 Å². The molecule has 1 aromatic carbocycles. The van der Waals surface area contributed by atoms with Gasteiger partial charge < -0.3 is 14.9 Å². The Labute approximate surface area is 160 Å². The summed E-state index contributed by atoms with van der Waals surface area (Å²) >= 11 is 1.60. The molecule has 6 nitrogen and oxygen atoms in total. The number of rotatable bonds is 6. The average molecular weight is 377 g/mol. The molecule has 3 aromatic heterocycles. The van der Waals surface area contributed by atoms with Gasteiger partial charge in [-0.25, -0.2) is 9.97 Å². The summed E-state index contributed by atoms with van der Waals surface area (Å²) in [7, 11) is 0. The first-order valence-electron chi connectivity index (χ1n) is 8.60. The summed E-state index contributed by atoms with van der Waals surface area (Å²) in [5.41, 5.74) is 4.57. The molecular formula is C20H19N5OS. The van der Waals surface area contributed by atoms with Crippen LogP contribution in [0.3, 0.4) is 0 Å². The monoisotopic (exact) mass is 377 g/mol. The number of hydrogen-bond acceptors (Lipinski definition) is 4. The lowest BCUT2D eigenvalue weighted by molar-refractivity contribution is 0.0946. The van der Waals surface area contributed by atoms with Gasteiger partial charge in [-0.15, -0.1) is 11.3 Å². The third kappa shape index (κ3) is 4.15. The van der Waals surface area contributed by atoms with Crippen LogP contribution < -0.4 is 5.32 Å². The number of aromatic nitrogens is 4. The first-order chi connectivity index (χ1) is 13.2. The van der Waals surface area contributed by atoms with E-state index in [-0.39, 0.29) is 5.91 Å². The van der Waals surface area contributed by atoms with Crippen LogP contribution >= 0.6 is 11.3 Å². The molecule has 2 N–H and O–H groups in total. The molecule has 0 saturated carbocycles. The Morgan fingerprint density at radius 1 is 1.30 bits per heavy atom. The fourth-order valence-electron chi connectivity index (χ4n) is 2.88. The second-order valence-corrected chi connectivity index (χ2v) is 7.35. The predicted octanol–water partition coefficient (Wildman–Crippen LogP) is 3.62. The number of aryl methyl sites for hydroxylation is 1. The maximum atomic E-state index is 12.4. The highest BCUT2D eigenvalue weighted by Crippen LogP contribution is 2.22. The van der Waals surface area contributed by atoms with Crippen molar-refractivity contribution in [1.29, 1.82) is 0 Å². The number of H-pyrrole nitrogens is 1. The standard InChI is InChI=1S/C20H19N5OS/c1-14-24-19(12-27-14)17-8-18(22-10-17)20(26)23-9-15-3-2-4-16(7-15)11-25-6-5-21-13-25/h2-8,10,12-13,22H,9,11H2,1H3,(H,23,26). The van der Waals surface area contributed by atoms with Gasteiger partial charge in [-0.3, -0.25) is 4.79 Å². The Bertz CT molecular complexity index is 1050. The molecule has 4 aromatic rings. The van der Waals surface area contributed by atoms with Gasteiger partial charge >= 0.3 is 0 Å². The maximum absolute atomic E-state index is 12.4. The molecule has 1 amide bonds. The highest BCUT2D eigenvalue weighted by molar-refractivity contribution is 7.09. The van der Waals surface area contributed by atoms with Gasteiger partial charge in [-0.1, -0.05) is 24.3 Å². The van der Waals surface area contributed by atoms with E-state index >= 15 is 0 Å². The first-order valence-corrected chi connectivity index (χ1v) is 9.48. The number of nitrogens with zero attached hydrogens (tertiary/aromatic N) is 3. The minimum absolute atomic E-state index is 0.131. The predicted molar refractivity (Wildman–Crippen MR) is 106 cm³/mol. The van der Waals surface area contributed by atoms with Gasteiger partial charge in [0.2, 0.25) is 0 Å². The third-order valence-corrected chi connectivity index (χ3v) is 4.98. The molecule has 27 heavy (non-hydrogen) atoms. The molecule has 0 aliphatic heterocycles. The van der Waals surface area contributed by atoms with E-state index in [1.807, 2.05) is 47.5 Å². The number of carbonyl (C=O) groups excluding carboxylic acids is 1. The van der Waals surface area contributed by atoms with Crippen LogP contribution in [0.2, 0.25) is 0 Å². The number of thiazole rings is 1. The average Bonchev–Trinajstić information content (AvgIpc) is 3.41. The summed E-state index contributed by atoms with van der Waals surface area (Å²) in [4.78, 5) is 24.0. The summed E-state index contributed by atoms with van der Waals surface area (Å²) in [5, 5.41) is 5.96. The molecule has 4 rings (SSSR count). The maximum Gasteiger partial charge on any atom is 0.267 e. The summed E-state index contributed by atoms with van der Waals surface area (Å²) in [6.07, 6.45) is 7.30. The molecule has 0 fully saturated rings. The number of imidazole rings is 1. The molecule has 0 aliphatic carbocycles. The van der Waals surface area contributed by atoms with Crippen LogP contribution in [0.4, 0.5) is 0 Å². The molecule has 136 valence electrons. The van der Waals surface area contributed by atoms with Gasteiger partial charge in [-0.2, -0.15) is 0 Å². The van der Waals surface area contributed by atoms with E-state index in [2.05, 4.69) is 32.4 Å². The fourth-order valence-corrected chi connectivity index (χ4v) is 3.50. The van der Waals surface area contributed by atoms with E-state index in [9.17, 15) is 4.79 Å². The SMILES string of the molecule is Cc1nc(-c2c[nH]c(C(=O)NCc3cccc(Cn4ccnc4)c3)c2)cs1. The molecule has 0 unspecified atom stereocenters. The molecule has 7 heteroatoms. The minimum atomic E-state index is -0.131. The number of nitrogens with one attached hydrogen (secondary N) is 2. The Balaban J connectivity index is 1.38. The molecule has 0 spiro atoms. The second-order valence-electron chi connectivity index (χ2n) is 6.29. The van der Waals surface area contributed by atoms with Crippen molar-refractivity contribution in [3.8, 4) is 11.3 Å². The lowest BCUT2D eigenvalue weighted by atomic mass is 10.1. The zero-order valence-corrected chi connectivity index (χ0v) is 15.7. The van der Waals surface area contributed by atoms with E-state index in [0.29, 0.717) is 12.2 Å². The molecule has 0 bridgehead atoms. The van der Waals surface area contributed by atoms with E-state index < -0.39 is 0 Å². The second kappa shape index (κ2) is 7.59. The number of amides is 1. The van der Waals surface area contributed by atoms with Crippen molar-refractivity contribution < 1.29 is 4.79 Å². The van der Waals surface area contributed by atoms with Crippen molar-refractivity contribution in [1.82, 2.24) is 24.8 Å². The Morgan fingerprint density at radius 2 is 2.19 bits per heavy atom. The first kappa shape index (κ1) is 17.2. The van der Waals surface area contributed by atoms with E-state index in [4.69, 9.17) is 0 Å². The van der Waals surface area contributed by atoms with E-state index in [1.54, 1.807) is 23.9 Å². The van der Waals surface area contributed by atoms with Crippen LogP contribution in [-0.4, -0.2) is 25.4 Å². The zero-order chi connectivity index (χ0) is 18.6. The van der Waals surface area contributed by atoms with Crippen molar-refractivity contribution >= 4 is 17.2 Å². The van der Waals surface area contributed by atoms with Crippen LogP contribution in [0.1, 0.15) is 26.6 Å². The summed E-state index contributed by atoms with van der Waals surface area (Å²) in [5.74, 6) is -0.131. The molecule has 0 aliphatic rings. The minimum Gasteiger partial charge on any atom is -0.357 e. The molecular weight excluding hydrogens is 358 g/mol. The van der Waals surface area contributed by atoms with Crippen LogP contribution in [0.25, 0.3) is 11.3 Å². The quantitative estimate of drug-likeness (QED) is 0.539. The van der Waals surface area contributed by atoms with Crippen LogP contribution in [0.15, 0.2) is 60.6 Å². The van der Waals surface area contributed by atoms with Gasteiger partial charge in [-0.05, 0) is 24.1 Å². The van der Waals surface area contributed by atoms with Crippen molar-refractivity contribution in [3.05, 3.63) is 82.5 Å². The molecule has 3 heterocycles. The molecule has 0 saturated heterocycles. The number of aromatic amines is 1. The van der Waals surface area contributed by atoms with Crippen molar-refractivity contribution in [3.63, 3.8) is 0 Å². The summed E-state index contributed by atoms with van der Waals surface area (Å²) in [6, 6.07) is 10.0. The van der Waals surface area contributed by atoms with Gasteiger partial charge in [0.1, 0.15) is 5.69 Å². The largest absolute Gasteiger partial charge is 0.357 e. The normalized spacial score (nSPS) is 10.9. The number of hydrogen-bond donors (Lipinski definition) is 2. The van der Waals surface area contributed by atoms with Crippen molar-refractivity contribution in [2.24, 2.45) is 0 Å². The van der Waals surface area contributed by atoms with Gasteiger partial charge in [0.15, 0.2) is 0 Å². The zero-order valence-electron chi connectivity index (χ0n) is 14.8. The van der Waals surface area contributed by atoms with E-state index in [0.717, 1.165) is 28.4 Å². The third-order valence-electron chi connectivity index (χ3n) is 4.21. The Hall–Kier alpha value is -3.19. The van der Waals surface area contributed by atoms with Crippen molar-refractivity contribution in [2.75, 3.05) is 0 Å². The van der Waals surface area contributed by atoms with Gasteiger partial charge in [0.05, 0.1) is 17.0 Å². The van der Waals surface area contributed by atoms with Crippen LogP contribution in [0.5, 0.6) is 0 Å². The summed E-state index contributed by atoms with van der Waals surface area (Å²) < 4.78 is 2.01. The number of carbonyl (C=O) groups is 1. The fraction of sp³-hybridized carbons (Fsp3) is 0.150. The number of benzene rings is 1. The lowest BCUT2D eigenvalue weighted by Gasteiger charge is -2.07. The summed E-state index contributed by atoms with van der Waals surface area (Å²) in [6.45, 7) is 3.20. The molecule has 0 atom stereocenters. The molecule has 0 radical (unpaired) electrons. The van der Waals surface area contributed by atoms with Crippen molar-refractivity contribution in [2.45, 2.75) is 20.0 Å². The Morgan fingerprint density at radius 3 is 2.96 bits per heavy atom.